The van der Waals surface area contributed by atoms with Crippen molar-refractivity contribution in [3.8, 4) is 5.69 Å². The number of aromatic nitrogens is 4. The fraction of sp³-hybridized carbons (Fsp3) is 0.133. The molecular weight excluding hydrogens is 355 g/mol. The molecular formula is C15H10F3N5O3. The third-order valence-corrected chi connectivity index (χ3v) is 3.56. The minimum atomic E-state index is -4.49. The molecule has 0 spiro atoms. The Morgan fingerprint density at radius 2 is 1.65 bits per heavy atom. The summed E-state index contributed by atoms with van der Waals surface area (Å²) in [4.78, 5) is 23.2. The van der Waals surface area contributed by atoms with Crippen LogP contribution >= 0.6 is 0 Å². The van der Waals surface area contributed by atoms with Gasteiger partial charge in [0, 0.05) is 12.1 Å². The number of alkyl halides is 3. The number of benzene rings is 2. The van der Waals surface area contributed by atoms with Gasteiger partial charge in [-0.05, 0) is 35.0 Å². The second-order valence-electron chi connectivity index (χ2n) is 5.28. The topological polar surface area (TPSA) is 95.8 Å². The third kappa shape index (κ3) is 3.45. The van der Waals surface area contributed by atoms with E-state index in [0.717, 1.165) is 33.7 Å². The molecule has 2 aromatic carbocycles. The van der Waals surface area contributed by atoms with E-state index in [1.54, 1.807) is 0 Å². The highest BCUT2D eigenvalue weighted by Crippen LogP contribution is 2.29. The summed E-state index contributed by atoms with van der Waals surface area (Å²) in [6.45, 7) is 0.0499. The molecule has 3 aromatic rings. The van der Waals surface area contributed by atoms with Crippen LogP contribution in [0.25, 0.3) is 5.69 Å². The second kappa shape index (κ2) is 6.43. The molecule has 0 unspecified atom stereocenters. The zero-order chi connectivity index (χ0) is 18.9. The summed E-state index contributed by atoms with van der Waals surface area (Å²) in [7, 11) is 0. The normalized spacial score (nSPS) is 11.5. The van der Waals surface area contributed by atoms with Crippen molar-refractivity contribution in [2.75, 3.05) is 0 Å². The number of hydrogen-bond acceptors (Lipinski definition) is 5. The Labute approximate surface area is 143 Å². The fourth-order valence-electron chi connectivity index (χ4n) is 2.30. The average molecular weight is 365 g/mol. The van der Waals surface area contributed by atoms with Crippen LogP contribution in [-0.2, 0) is 12.7 Å². The summed E-state index contributed by atoms with van der Waals surface area (Å²) in [5.41, 5.74) is -0.932. The highest BCUT2D eigenvalue weighted by atomic mass is 19.4. The molecule has 0 aliphatic heterocycles. The van der Waals surface area contributed by atoms with Gasteiger partial charge in [0.1, 0.15) is 0 Å². The Hall–Kier alpha value is -3.50. The molecule has 0 aliphatic carbocycles. The molecule has 11 heteroatoms. The number of non-ortho nitro benzene ring substituents is 1. The van der Waals surface area contributed by atoms with Crippen LogP contribution in [0.2, 0.25) is 0 Å². The number of halogens is 3. The maximum atomic E-state index is 12.7. The van der Waals surface area contributed by atoms with Crippen molar-refractivity contribution < 1.29 is 18.1 Å². The van der Waals surface area contributed by atoms with Crippen molar-refractivity contribution >= 4 is 5.69 Å². The van der Waals surface area contributed by atoms with E-state index in [1.165, 1.54) is 24.3 Å². The molecule has 0 saturated heterocycles. The molecule has 0 radical (unpaired) electrons. The number of hydrogen-bond donors (Lipinski definition) is 0. The highest BCUT2D eigenvalue weighted by Gasteiger charge is 2.30. The lowest BCUT2D eigenvalue weighted by Crippen LogP contribution is -2.23. The molecule has 1 aromatic heterocycles. The first-order valence-electron chi connectivity index (χ1n) is 7.19. The third-order valence-electron chi connectivity index (χ3n) is 3.56. The van der Waals surface area contributed by atoms with Crippen molar-refractivity contribution in [2.45, 2.75) is 12.7 Å². The second-order valence-corrected chi connectivity index (χ2v) is 5.28. The number of rotatable bonds is 4. The maximum absolute atomic E-state index is 12.7. The van der Waals surface area contributed by atoms with Crippen LogP contribution < -0.4 is 5.69 Å². The first-order chi connectivity index (χ1) is 12.3. The molecule has 0 atom stereocenters. The molecule has 0 N–H and O–H groups in total. The molecule has 134 valence electrons. The predicted octanol–water partition coefficient (Wildman–Crippen LogP) is 2.40. The Balaban J connectivity index is 1.92. The van der Waals surface area contributed by atoms with Gasteiger partial charge in [-0.15, -0.1) is 0 Å². The Morgan fingerprint density at radius 1 is 1.04 bits per heavy atom. The number of nitrogens with zero attached hydrogens (tertiary/aromatic N) is 5. The lowest BCUT2D eigenvalue weighted by Gasteiger charge is -2.10. The van der Waals surface area contributed by atoms with Crippen molar-refractivity contribution in [1.82, 2.24) is 19.8 Å². The largest absolute Gasteiger partial charge is 0.416 e. The predicted molar refractivity (Wildman–Crippen MR) is 82.8 cm³/mol. The molecule has 0 fully saturated rings. The first kappa shape index (κ1) is 17.3. The molecule has 0 amide bonds. The minimum Gasteiger partial charge on any atom is -0.258 e. The van der Waals surface area contributed by atoms with E-state index in [4.69, 9.17) is 0 Å². The maximum Gasteiger partial charge on any atom is 0.416 e. The van der Waals surface area contributed by atoms with Crippen LogP contribution in [0, 0.1) is 10.1 Å². The van der Waals surface area contributed by atoms with Gasteiger partial charge in [-0.1, -0.05) is 17.2 Å². The van der Waals surface area contributed by atoms with Gasteiger partial charge >= 0.3 is 11.9 Å². The molecule has 0 aliphatic rings. The van der Waals surface area contributed by atoms with Gasteiger partial charge in [0.25, 0.3) is 5.69 Å². The zero-order valence-corrected chi connectivity index (χ0v) is 12.9. The lowest BCUT2D eigenvalue weighted by atomic mass is 10.2. The molecule has 26 heavy (non-hydrogen) atoms. The van der Waals surface area contributed by atoms with Gasteiger partial charge in [-0.2, -0.15) is 22.6 Å². The fourth-order valence-corrected chi connectivity index (χ4v) is 2.30. The van der Waals surface area contributed by atoms with Gasteiger partial charge in [0.15, 0.2) is 0 Å². The summed E-state index contributed by atoms with van der Waals surface area (Å²) in [6, 6.07) is 9.55. The summed E-state index contributed by atoms with van der Waals surface area (Å²) in [6.07, 6.45) is -4.49. The van der Waals surface area contributed by atoms with E-state index in [-0.39, 0.29) is 17.9 Å². The van der Waals surface area contributed by atoms with Gasteiger partial charge in [-0.25, -0.2) is 4.79 Å². The summed E-state index contributed by atoms with van der Waals surface area (Å²) >= 11 is 0. The molecule has 1 heterocycles. The Bertz CT molecular complexity index is 991. The van der Waals surface area contributed by atoms with E-state index >= 15 is 0 Å². The van der Waals surface area contributed by atoms with Gasteiger partial charge < -0.3 is 0 Å². The molecule has 0 bridgehead atoms. The van der Waals surface area contributed by atoms with Gasteiger partial charge in [-0.3, -0.25) is 10.1 Å². The SMILES string of the molecule is O=c1nnn(Cc2ccc([N+](=O)[O-])cc2)n1-c1ccc(C(F)(F)F)cc1. The van der Waals surface area contributed by atoms with Gasteiger partial charge in [0.2, 0.25) is 0 Å². The van der Waals surface area contributed by atoms with E-state index in [0.29, 0.717) is 5.56 Å². The first-order valence-corrected chi connectivity index (χ1v) is 7.19. The monoisotopic (exact) mass is 365 g/mol. The van der Waals surface area contributed by atoms with Crippen molar-refractivity contribution in [3.05, 3.63) is 80.3 Å². The van der Waals surface area contributed by atoms with Crippen molar-refractivity contribution in [1.29, 1.82) is 0 Å². The van der Waals surface area contributed by atoms with E-state index in [1.807, 2.05) is 0 Å². The van der Waals surface area contributed by atoms with Crippen molar-refractivity contribution in [2.24, 2.45) is 0 Å². The molecule has 3 rings (SSSR count). The Morgan fingerprint density at radius 3 is 2.19 bits per heavy atom. The number of nitro groups is 1. The number of nitro benzene ring substituents is 1. The van der Waals surface area contributed by atoms with Crippen LogP contribution in [0.5, 0.6) is 0 Å². The highest BCUT2D eigenvalue weighted by molar-refractivity contribution is 5.35. The van der Waals surface area contributed by atoms with Gasteiger partial charge in [0.05, 0.1) is 22.7 Å². The molecule has 8 nitrogen and oxygen atoms in total. The van der Waals surface area contributed by atoms with E-state index < -0.39 is 22.4 Å². The summed E-state index contributed by atoms with van der Waals surface area (Å²) in [5.74, 6) is 0. The summed E-state index contributed by atoms with van der Waals surface area (Å²) in [5, 5.41) is 17.7. The zero-order valence-electron chi connectivity index (χ0n) is 12.9. The number of tetrazole rings is 1. The minimum absolute atomic E-state index is 0.0499. The van der Waals surface area contributed by atoms with Crippen molar-refractivity contribution in [3.63, 3.8) is 0 Å². The quantitative estimate of drug-likeness (QED) is 0.523. The Kier molecular flexibility index (Phi) is 4.28. The average Bonchev–Trinajstić information content (AvgIpc) is 2.95. The van der Waals surface area contributed by atoms with Crippen LogP contribution in [0.15, 0.2) is 53.3 Å². The van der Waals surface area contributed by atoms with E-state index in [9.17, 15) is 28.1 Å². The molecule has 0 saturated carbocycles. The standard InChI is InChI=1S/C15H10F3N5O3/c16-15(17,18)11-3-7-12(8-4-11)22-14(24)19-20-21(22)9-10-1-5-13(6-2-10)23(25)26/h1-8H,9H2. The lowest BCUT2D eigenvalue weighted by molar-refractivity contribution is -0.384. The van der Waals surface area contributed by atoms with Crippen LogP contribution in [0.1, 0.15) is 11.1 Å². The van der Waals surface area contributed by atoms with Crippen LogP contribution in [-0.4, -0.2) is 24.7 Å². The van der Waals surface area contributed by atoms with Crippen LogP contribution in [0.4, 0.5) is 18.9 Å². The smallest absolute Gasteiger partial charge is 0.258 e. The summed E-state index contributed by atoms with van der Waals surface area (Å²) < 4.78 is 39.0. The van der Waals surface area contributed by atoms with Crippen LogP contribution in [0.3, 0.4) is 0 Å². The van der Waals surface area contributed by atoms with E-state index in [2.05, 4.69) is 10.3 Å².